The first-order chi connectivity index (χ1) is 13.6. The molecule has 0 aromatic heterocycles. The fraction of sp³-hybridized carbons (Fsp3) is 0.333. The lowest BCUT2D eigenvalue weighted by Gasteiger charge is -2.60. The molecule has 4 aliphatic heterocycles. The topological polar surface area (TPSA) is 54.7 Å². The lowest BCUT2D eigenvalue weighted by Crippen LogP contribution is -2.74. The summed E-state index contributed by atoms with van der Waals surface area (Å²) in [6.07, 6.45) is 1.69. The number of phenols is 1. The molecule has 2 aromatic rings. The number of halogens is 1. The number of hydrogen-bond donors (Lipinski definition) is 1. The zero-order valence-electron chi connectivity index (χ0n) is 15.5. The van der Waals surface area contributed by atoms with E-state index in [1.807, 2.05) is 30.3 Å². The number of aromatic hydroxyl groups is 1. The van der Waals surface area contributed by atoms with Crippen LogP contribution in [0.25, 0.3) is 0 Å². The number of phenolic OH excluding ortho intramolecular Hbond substituents is 1. The van der Waals surface area contributed by atoms with E-state index in [0.717, 1.165) is 56.5 Å². The molecule has 4 aliphatic rings. The van der Waals surface area contributed by atoms with Crippen LogP contribution in [0.5, 0.6) is 5.75 Å². The van der Waals surface area contributed by atoms with Gasteiger partial charge in [0.1, 0.15) is 5.75 Å². The van der Waals surface area contributed by atoms with Gasteiger partial charge < -0.3 is 5.11 Å². The molecule has 4 fully saturated rings. The van der Waals surface area contributed by atoms with Gasteiger partial charge in [0.05, 0.1) is 37.3 Å². The Balaban J connectivity index is 1.53. The SMILES string of the molecule is Oc1cccc(C=NN=C(c2ccc(Cl)cc2)C23CN4CN(CN(C4)C2)C3)c1. The first-order valence-corrected chi connectivity index (χ1v) is 9.81. The van der Waals surface area contributed by atoms with Crippen LogP contribution < -0.4 is 0 Å². The summed E-state index contributed by atoms with van der Waals surface area (Å²) < 4.78 is 0. The van der Waals surface area contributed by atoms with Gasteiger partial charge in [-0.05, 0) is 35.4 Å². The molecule has 6 nitrogen and oxygen atoms in total. The van der Waals surface area contributed by atoms with Gasteiger partial charge in [0, 0.05) is 24.7 Å². The first-order valence-electron chi connectivity index (χ1n) is 9.43. The molecule has 4 bridgehead atoms. The van der Waals surface area contributed by atoms with Crippen molar-refractivity contribution in [3.8, 4) is 5.75 Å². The third-order valence-electron chi connectivity index (χ3n) is 5.63. The van der Waals surface area contributed by atoms with Gasteiger partial charge in [-0.2, -0.15) is 10.2 Å². The average Bonchev–Trinajstić information content (AvgIpc) is 2.65. The van der Waals surface area contributed by atoms with Crippen molar-refractivity contribution >= 4 is 23.5 Å². The van der Waals surface area contributed by atoms with Gasteiger partial charge in [-0.3, -0.25) is 14.7 Å². The summed E-state index contributed by atoms with van der Waals surface area (Å²) in [7, 11) is 0. The summed E-state index contributed by atoms with van der Waals surface area (Å²) in [5.74, 6) is 0.223. The third kappa shape index (κ3) is 3.33. The molecule has 7 heteroatoms. The summed E-state index contributed by atoms with van der Waals surface area (Å²) in [6.45, 7) is 6.05. The van der Waals surface area contributed by atoms with Crippen molar-refractivity contribution < 1.29 is 5.11 Å². The van der Waals surface area contributed by atoms with E-state index in [0.29, 0.717) is 5.02 Å². The van der Waals surface area contributed by atoms with Crippen molar-refractivity contribution in [1.29, 1.82) is 0 Å². The molecular weight excluding hydrogens is 374 g/mol. The fourth-order valence-corrected chi connectivity index (χ4v) is 4.90. The summed E-state index contributed by atoms with van der Waals surface area (Å²) in [6, 6.07) is 14.9. The van der Waals surface area contributed by atoms with Crippen molar-refractivity contribution in [3.63, 3.8) is 0 Å². The lowest BCUT2D eigenvalue weighted by atomic mass is 9.74. The number of rotatable bonds is 4. The van der Waals surface area contributed by atoms with Gasteiger partial charge in [0.25, 0.3) is 0 Å². The quantitative estimate of drug-likeness (QED) is 0.638. The Morgan fingerprint density at radius 3 is 2.21 bits per heavy atom. The predicted molar refractivity (Wildman–Crippen MR) is 111 cm³/mol. The molecule has 6 rings (SSSR count). The van der Waals surface area contributed by atoms with Gasteiger partial charge in [-0.1, -0.05) is 35.9 Å². The standard InChI is InChI=1S/C21H22ClN5O/c22-18-6-4-17(5-7-18)20(24-23-9-16-2-1-3-19(28)8-16)21-10-25-13-26(11-21)15-27(12-21)14-25/h1-9,28H,10-15H2. The van der Waals surface area contributed by atoms with E-state index >= 15 is 0 Å². The van der Waals surface area contributed by atoms with Crippen LogP contribution in [-0.4, -0.2) is 71.4 Å². The Kier molecular flexibility index (Phi) is 4.44. The van der Waals surface area contributed by atoms with Crippen LogP contribution in [0.1, 0.15) is 11.1 Å². The lowest BCUT2D eigenvalue weighted by molar-refractivity contribution is -0.149. The molecule has 0 aliphatic carbocycles. The normalized spacial score (nSPS) is 31.6. The highest BCUT2D eigenvalue weighted by Gasteiger charge is 2.51. The molecule has 144 valence electrons. The molecule has 4 heterocycles. The Hall–Kier alpha value is -2.25. The molecule has 0 radical (unpaired) electrons. The van der Waals surface area contributed by atoms with E-state index in [9.17, 15) is 5.11 Å². The molecule has 4 saturated heterocycles. The molecule has 0 atom stereocenters. The first kappa shape index (κ1) is 17.8. The minimum Gasteiger partial charge on any atom is -0.508 e. The molecule has 1 N–H and O–H groups in total. The van der Waals surface area contributed by atoms with Crippen LogP contribution >= 0.6 is 11.6 Å². The minimum absolute atomic E-state index is 0.0707. The Morgan fingerprint density at radius 2 is 1.61 bits per heavy atom. The van der Waals surface area contributed by atoms with E-state index in [2.05, 4.69) is 19.8 Å². The summed E-state index contributed by atoms with van der Waals surface area (Å²) in [5, 5.41) is 19.5. The van der Waals surface area contributed by atoms with Gasteiger partial charge in [0.15, 0.2) is 0 Å². The number of nitrogens with zero attached hydrogens (tertiary/aromatic N) is 5. The van der Waals surface area contributed by atoms with Crippen LogP contribution in [0.3, 0.4) is 0 Å². The number of hydrogen-bond acceptors (Lipinski definition) is 6. The van der Waals surface area contributed by atoms with E-state index in [1.54, 1.807) is 24.4 Å². The summed E-state index contributed by atoms with van der Waals surface area (Å²) in [4.78, 5) is 7.42. The molecule has 0 amide bonds. The molecular formula is C21H22ClN5O. The predicted octanol–water partition coefficient (Wildman–Crippen LogP) is 2.67. The maximum Gasteiger partial charge on any atom is 0.116 e. The monoisotopic (exact) mass is 395 g/mol. The Labute approximate surface area is 169 Å². The van der Waals surface area contributed by atoms with Crippen LogP contribution in [0.4, 0.5) is 0 Å². The highest BCUT2D eigenvalue weighted by molar-refractivity contribution is 6.30. The van der Waals surface area contributed by atoms with E-state index in [4.69, 9.17) is 16.7 Å². The summed E-state index contributed by atoms with van der Waals surface area (Å²) >= 11 is 6.12. The summed E-state index contributed by atoms with van der Waals surface area (Å²) in [5.41, 5.74) is 2.81. The average molecular weight is 396 g/mol. The minimum atomic E-state index is -0.0707. The van der Waals surface area contributed by atoms with Crippen molar-refractivity contribution in [3.05, 3.63) is 64.7 Å². The van der Waals surface area contributed by atoms with Gasteiger partial charge in [-0.25, -0.2) is 0 Å². The van der Waals surface area contributed by atoms with Crippen LogP contribution in [0.15, 0.2) is 58.7 Å². The molecule has 2 aromatic carbocycles. The maximum atomic E-state index is 9.65. The second kappa shape index (κ2) is 6.97. The van der Waals surface area contributed by atoms with E-state index in [-0.39, 0.29) is 11.2 Å². The Morgan fingerprint density at radius 1 is 0.964 bits per heavy atom. The van der Waals surface area contributed by atoms with Crippen molar-refractivity contribution in [1.82, 2.24) is 14.7 Å². The van der Waals surface area contributed by atoms with Crippen LogP contribution in [0.2, 0.25) is 5.02 Å². The zero-order valence-corrected chi connectivity index (χ0v) is 16.3. The maximum absolute atomic E-state index is 9.65. The highest BCUT2D eigenvalue weighted by atomic mass is 35.5. The van der Waals surface area contributed by atoms with E-state index in [1.165, 1.54) is 0 Å². The van der Waals surface area contributed by atoms with Crippen molar-refractivity contribution in [2.75, 3.05) is 39.6 Å². The van der Waals surface area contributed by atoms with Crippen molar-refractivity contribution in [2.24, 2.45) is 15.6 Å². The largest absolute Gasteiger partial charge is 0.508 e. The second-order valence-electron chi connectivity index (χ2n) is 7.99. The smallest absolute Gasteiger partial charge is 0.116 e. The van der Waals surface area contributed by atoms with Gasteiger partial charge >= 0.3 is 0 Å². The van der Waals surface area contributed by atoms with Gasteiger partial charge in [0.2, 0.25) is 0 Å². The molecule has 0 unspecified atom stereocenters. The third-order valence-corrected chi connectivity index (χ3v) is 5.89. The highest BCUT2D eigenvalue weighted by Crippen LogP contribution is 2.38. The van der Waals surface area contributed by atoms with Crippen LogP contribution in [-0.2, 0) is 0 Å². The number of benzene rings is 2. The van der Waals surface area contributed by atoms with Crippen molar-refractivity contribution in [2.45, 2.75) is 0 Å². The second-order valence-corrected chi connectivity index (χ2v) is 8.42. The molecule has 0 spiro atoms. The molecule has 28 heavy (non-hydrogen) atoms. The van der Waals surface area contributed by atoms with Gasteiger partial charge in [-0.15, -0.1) is 0 Å². The Bertz CT molecular complexity index is 905. The fourth-order valence-electron chi connectivity index (χ4n) is 4.78. The molecule has 0 saturated carbocycles. The van der Waals surface area contributed by atoms with E-state index < -0.39 is 0 Å². The van der Waals surface area contributed by atoms with Crippen LogP contribution in [0, 0.1) is 5.41 Å². The zero-order chi connectivity index (χ0) is 19.1.